The van der Waals surface area contributed by atoms with Crippen molar-refractivity contribution in [3.05, 3.63) is 34.6 Å². The van der Waals surface area contributed by atoms with Crippen LogP contribution in [0.25, 0.3) is 0 Å². The lowest BCUT2D eigenvalue weighted by Gasteiger charge is -2.34. The van der Waals surface area contributed by atoms with Gasteiger partial charge in [-0.05, 0) is 18.6 Å². The Kier molecular flexibility index (Phi) is 5.74. The van der Waals surface area contributed by atoms with Gasteiger partial charge in [0.2, 0.25) is 10.0 Å². The smallest absolute Gasteiger partial charge is 0.246 e. The van der Waals surface area contributed by atoms with Crippen LogP contribution < -0.4 is 4.74 Å². The highest BCUT2D eigenvalue weighted by molar-refractivity contribution is 9.10. The van der Waals surface area contributed by atoms with Crippen molar-refractivity contribution in [1.82, 2.24) is 13.9 Å². The Bertz CT molecular complexity index is 982. The summed E-state index contributed by atoms with van der Waals surface area (Å²) in [4.78, 5) is 4.37. The zero-order valence-electron chi connectivity index (χ0n) is 15.3. The maximum atomic E-state index is 14.8. The minimum Gasteiger partial charge on any atom is -0.491 e. The highest BCUT2D eigenvalue weighted by Gasteiger charge is 2.38. The summed E-state index contributed by atoms with van der Waals surface area (Å²) >= 11 is 4.95. The fraction of sp³-hybridized carbons (Fsp3) is 0.500. The normalized spacial score (nSPS) is 22.8. The van der Waals surface area contributed by atoms with Crippen molar-refractivity contribution in [2.45, 2.75) is 29.1 Å². The van der Waals surface area contributed by atoms with Crippen LogP contribution >= 0.6 is 27.7 Å². The number of imidazole rings is 1. The molecule has 6 nitrogen and oxygen atoms in total. The molecule has 2 aromatic rings. The fourth-order valence-electron chi connectivity index (χ4n) is 3.58. The number of piperidine rings is 1. The van der Waals surface area contributed by atoms with Crippen LogP contribution in [-0.2, 0) is 23.5 Å². The van der Waals surface area contributed by atoms with E-state index in [9.17, 15) is 12.8 Å². The first-order chi connectivity index (χ1) is 13.4. The molecule has 2 aliphatic rings. The Labute approximate surface area is 176 Å². The first kappa shape index (κ1) is 20.2. The zero-order chi connectivity index (χ0) is 19.9. The maximum absolute atomic E-state index is 14.8. The van der Waals surface area contributed by atoms with Gasteiger partial charge in [0.05, 0.1) is 6.61 Å². The number of hydrogen-bond acceptors (Lipinski definition) is 5. The third-order valence-corrected chi connectivity index (χ3v) is 9.10. The minimum atomic E-state index is -3.80. The molecule has 0 N–H and O–H groups in total. The molecular weight excluding hydrogens is 469 g/mol. The van der Waals surface area contributed by atoms with E-state index >= 15 is 0 Å². The monoisotopic (exact) mass is 489 g/mol. The zero-order valence-corrected chi connectivity index (χ0v) is 18.6. The summed E-state index contributed by atoms with van der Waals surface area (Å²) < 4.78 is 50.7. The van der Waals surface area contributed by atoms with Crippen molar-refractivity contribution in [1.29, 1.82) is 0 Å². The van der Waals surface area contributed by atoms with Gasteiger partial charge in [-0.2, -0.15) is 4.31 Å². The number of fused-ring (bicyclic) bond motifs is 1. The van der Waals surface area contributed by atoms with Crippen LogP contribution in [-0.4, -0.2) is 53.9 Å². The van der Waals surface area contributed by atoms with Gasteiger partial charge >= 0.3 is 0 Å². The van der Waals surface area contributed by atoms with Gasteiger partial charge in [-0.25, -0.2) is 17.8 Å². The molecule has 28 heavy (non-hydrogen) atoms. The Hall–Kier alpha value is -1.10. The molecule has 2 aliphatic heterocycles. The SMILES string of the molecule is Cn1ccnc1SC[C@@H]1CCN(S(=O)(=O)c2ccc(Br)c3c2OCC3)C[C@H]1F. The largest absolute Gasteiger partial charge is 0.491 e. The van der Waals surface area contributed by atoms with E-state index in [4.69, 9.17) is 4.74 Å². The van der Waals surface area contributed by atoms with Crippen LogP contribution in [0.15, 0.2) is 39.1 Å². The van der Waals surface area contributed by atoms with E-state index in [0.29, 0.717) is 37.5 Å². The molecule has 1 aromatic carbocycles. The maximum Gasteiger partial charge on any atom is 0.246 e. The van der Waals surface area contributed by atoms with Gasteiger partial charge < -0.3 is 9.30 Å². The number of alkyl halides is 1. The van der Waals surface area contributed by atoms with Crippen LogP contribution in [0, 0.1) is 5.92 Å². The number of aromatic nitrogens is 2. The number of sulfonamides is 1. The quantitative estimate of drug-likeness (QED) is 0.603. The Morgan fingerprint density at radius 3 is 2.96 bits per heavy atom. The first-order valence-electron chi connectivity index (χ1n) is 9.06. The van der Waals surface area contributed by atoms with Gasteiger partial charge in [0.15, 0.2) is 5.16 Å². The number of aryl methyl sites for hydroxylation is 1. The molecule has 0 aliphatic carbocycles. The summed E-state index contributed by atoms with van der Waals surface area (Å²) in [5.74, 6) is 0.786. The van der Waals surface area contributed by atoms with E-state index in [-0.39, 0.29) is 17.4 Å². The molecule has 0 radical (unpaired) electrons. The topological polar surface area (TPSA) is 64.4 Å². The van der Waals surface area contributed by atoms with E-state index in [0.717, 1.165) is 15.2 Å². The van der Waals surface area contributed by atoms with Gasteiger partial charge in [0.1, 0.15) is 16.8 Å². The lowest BCUT2D eigenvalue weighted by atomic mass is 9.98. The van der Waals surface area contributed by atoms with Gasteiger partial charge in [-0.1, -0.05) is 27.7 Å². The van der Waals surface area contributed by atoms with Gasteiger partial charge in [-0.15, -0.1) is 0 Å². The molecule has 0 amide bonds. The summed E-state index contributed by atoms with van der Waals surface area (Å²) in [6.07, 6.45) is 3.50. The molecule has 1 fully saturated rings. The van der Waals surface area contributed by atoms with Crippen molar-refractivity contribution in [2.24, 2.45) is 13.0 Å². The minimum absolute atomic E-state index is 0.126. The first-order valence-corrected chi connectivity index (χ1v) is 12.3. The number of ether oxygens (including phenoxy) is 1. The van der Waals surface area contributed by atoms with E-state index < -0.39 is 16.2 Å². The van der Waals surface area contributed by atoms with E-state index in [2.05, 4.69) is 20.9 Å². The molecule has 0 spiro atoms. The number of hydrogen-bond donors (Lipinski definition) is 0. The number of halogens is 2. The number of nitrogens with zero attached hydrogens (tertiary/aromatic N) is 3. The molecular formula is C18H21BrFN3O3S2. The number of thioether (sulfide) groups is 1. The fourth-order valence-corrected chi connectivity index (χ4v) is 6.84. The molecule has 4 rings (SSSR count). The molecule has 10 heteroatoms. The second kappa shape index (κ2) is 7.97. The second-order valence-electron chi connectivity index (χ2n) is 7.01. The standard InChI is InChI=1S/C18H21BrFN3O3S2/c1-22-8-6-21-18(22)27-11-12-4-7-23(10-15(12)20)28(24,25)16-3-2-14(19)13-5-9-26-17(13)16/h2-3,6,8,12,15H,4-5,7,9-11H2,1H3/t12-,15+/m0/s1. The predicted octanol–water partition coefficient (Wildman–Crippen LogP) is 3.26. The average Bonchev–Trinajstić information content (AvgIpc) is 3.30. The van der Waals surface area contributed by atoms with E-state index in [1.807, 2.05) is 17.8 Å². The molecule has 152 valence electrons. The summed E-state index contributed by atoms with van der Waals surface area (Å²) in [6, 6.07) is 3.27. The van der Waals surface area contributed by atoms with Crippen molar-refractivity contribution in [3.8, 4) is 5.75 Å². The highest BCUT2D eigenvalue weighted by atomic mass is 79.9. The Morgan fingerprint density at radius 2 is 2.25 bits per heavy atom. The molecule has 0 unspecified atom stereocenters. The van der Waals surface area contributed by atoms with Crippen LogP contribution in [0.5, 0.6) is 5.75 Å². The Morgan fingerprint density at radius 1 is 1.43 bits per heavy atom. The van der Waals surface area contributed by atoms with Gasteiger partial charge in [0, 0.05) is 60.7 Å². The van der Waals surface area contributed by atoms with Gasteiger partial charge in [-0.3, -0.25) is 0 Å². The summed E-state index contributed by atoms with van der Waals surface area (Å²) in [5, 5.41) is 0.838. The van der Waals surface area contributed by atoms with E-state index in [1.165, 1.54) is 16.1 Å². The number of benzene rings is 1. The second-order valence-corrected chi connectivity index (χ2v) is 10.8. The summed E-state index contributed by atoms with van der Waals surface area (Å²) in [5.41, 5.74) is 0.860. The van der Waals surface area contributed by atoms with Crippen molar-refractivity contribution in [3.63, 3.8) is 0 Å². The summed E-state index contributed by atoms with van der Waals surface area (Å²) in [6.45, 7) is 0.636. The van der Waals surface area contributed by atoms with Crippen LogP contribution in [0.4, 0.5) is 4.39 Å². The van der Waals surface area contributed by atoms with Crippen LogP contribution in [0.3, 0.4) is 0 Å². The van der Waals surface area contributed by atoms with Crippen LogP contribution in [0.1, 0.15) is 12.0 Å². The molecule has 1 saturated heterocycles. The highest BCUT2D eigenvalue weighted by Crippen LogP contribution is 2.40. The third-order valence-electron chi connectivity index (χ3n) is 5.23. The molecule has 0 saturated carbocycles. The summed E-state index contributed by atoms with van der Waals surface area (Å²) in [7, 11) is -1.90. The van der Waals surface area contributed by atoms with Gasteiger partial charge in [0.25, 0.3) is 0 Å². The molecule has 1 aromatic heterocycles. The van der Waals surface area contributed by atoms with Crippen molar-refractivity contribution >= 4 is 37.7 Å². The van der Waals surface area contributed by atoms with Crippen molar-refractivity contribution < 1.29 is 17.5 Å². The molecule has 3 heterocycles. The number of rotatable bonds is 5. The van der Waals surface area contributed by atoms with Crippen LogP contribution in [0.2, 0.25) is 0 Å². The lowest BCUT2D eigenvalue weighted by molar-refractivity contribution is 0.146. The molecule has 0 bridgehead atoms. The average molecular weight is 490 g/mol. The van der Waals surface area contributed by atoms with Crippen molar-refractivity contribution in [2.75, 3.05) is 25.4 Å². The third kappa shape index (κ3) is 3.71. The lowest BCUT2D eigenvalue weighted by Crippen LogP contribution is -2.45. The Balaban J connectivity index is 1.47. The predicted molar refractivity (Wildman–Crippen MR) is 109 cm³/mol. The molecule has 2 atom stereocenters. The van der Waals surface area contributed by atoms with E-state index in [1.54, 1.807) is 18.3 Å².